The predicted molar refractivity (Wildman–Crippen MR) is 70.0 cm³/mol. The third-order valence-electron chi connectivity index (χ3n) is 2.97. The lowest BCUT2D eigenvalue weighted by Gasteiger charge is -2.16. The lowest BCUT2D eigenvalue weighted by atomic mass is 9.96. The quantitative estimate of drug-likeness (QED) is 0.811. The molecule has 0 saturated carbocycles. The number of aliphatic carboxylic acids is 1. The molecule has 6 nitrogen and oxygen atoms in total. The molecule has 1 aromatic rings. The van der Waals surface area contributed by atoms with Crippen LogP contribution in [0.3, 0.4) is 0 Å². The molecular weight excluding hydrogens is 248 g/mol. The summed E-state index contributed by atoms with van der Waals surface area (Å²) in [6.45, 7) is 3.60. The molecule has 1 aromatic heterocycles. The van der Waals surface area contributed by atoms with E-state index in [0.29, 0.717) is 0 Å². The first-order valence-electron chi connectivity index (χ1n) is 6.00. The number of hydrogen-bond acceptors (Lipinski definition) is 3. The number of aryl methyl sites for hydroxylation is 1. The molecule has 1 rings (SSSR count). The van der Waals surface area contributed by atoms with Gasteiger partial charge in [-0.15, -0.1) is 0 Å². The molecule has 6 heteroatoms. The Morgan fingerprint density at radius 2 is 2.05 bits per heavy atom. The van der Waals surface area contributed by atoms with E-state index in [-0.39, 0.29) is 23.6 Å². The van der Waals surface area contributed by atoms with E-state index in [1.165, 1.54) is 22.9 Å². The molecule has 2 N–H and O–H groups in total. The molecule has 0 saturated heterocycles. The number of rotatable bonds is 5. The average molecular weight is 266 g/mol. The Morgan fingerprint density at radius 1 is 1.42 bits per heavy atom. The van der Waals surface area contributed by atoms with E-state index in [2.05, 4.69) is 5.32 Å². The van der Waals surface area contributed by atoms with Crippen LogP contribution >= 0.6 is 0 Å². The van der Waals surface area contributed by atoms with Crippen LogP contribution in [0.25, 0.3) is 0 Å². The van der Waals surface area contributed by atoms with Crippen LogP contribution in [-0.4, -0.2) is 28.1 Å². The highest BCUT2D eigenvalue weighted by Gasteiger charge is 2.22. The second-order valence-corrected chi connectivity index (χ2v) is 4.76. The second-order valence-electron chi connectivity index (χ2n) is 4.76. The number of pyridine rings is 1. The maximum atomic E-state index is 11.8. The van der Waals surface area contributed by atoms with Gasteiger partial charge in [-0.25, -0.2) is 0 Å². The zero-order chi connectivity index (χ0) is 14.6. The minimum Gasteiger partial charge on any atom is -0.481 e. The molecule has 0 radical (unpaired) electrons. The van der Waals surface area contributed by atoms with Crippen molar-refractivity contribution in [2.24, 2.45) is 18.9 Å². The van der Waals surface area contributed by atoms with Gasteiger partial charge in [0.1, 0.15) is 0 Å². The summed E-state index contributed by atoms with van der Waals surface area (Å²) >= 11 is 0. The van der Waals surface area contributed by atoms with Crippen LogP contribution in [0.1, 0.15) is 24.2 Å². The SMILES string of the molecule is CC(C)C(CNC(=O)c1ccn(C)c(=O)c1)C(=O)O. The summed E-state index contributed by atoms with van der Waals surface area (Å²) in [7, 11) is 1.59. The van der Waals surface area contributed by atoms with Crippen molar-refractivity contribution in [2.45, 2.75) is 13.8 Å². The number of aromatic nitrogens is 1. The number of hydrogen-bond donors (Lipinski definition) is 2. The summed E-state index contributed by atoms with van der Waals surface area (Å²) in [5, 5.41) is 11.5. The lowest BCUT2D eigenvalue weighted by Crippen LogP contribution is -2.36. The van der Waals surface area contributed by atoms with Gasteiger partial charge >= 0.3 is 5.97 Å². The maximum Gasteiger partial charge on any atom is 0.308 e. The number of carboxylic acid groups (broad SMARTS) is 1. The van der Waals surface area contributed by atoms with E-state index in [1.807, 2.05) is 0 Å². The number of nitrogens with zero attached hydrogens (tertiary/aromatic N) is 1. The Kier molecular flexibility index (Phi) is 4.86. The Morgan fingerprint density at radius 3 is 2.53 bits per heavy atom. The van der Waals surface area contributed by atoms with Crippen molar-refractivity contribution in [1.29, 1.82) is 0 Å². The van der Waals surface area contributed by atoms with E-state index in [1.54, 1.807) is 20.9 Å². The third kappa shape index (κ3) is 3.94. The first kappa shape index (κ1) is 14.9. The average Bonchev–Trinajstić information content (AvgIpc) is 2.31. The number of nitrogens with one attached hydrogen (secondary N) is 1. The molecule has 0 aliphatic heterocycles. The summed E-state index contributed by atoms with van der Waals surface area (Å²) in [6, 6.07) is 2.74. The summed E-state index contributed by atoms with van der Waals surface area (Å²) in [5.74, 6) is -2.11. The fourth-order valence-corrected chi connectivity index (χ4v) is 1.60. The van der Waals surface area contributed by atoms with Gasteiger partial charge in [0.2, 0.25) is 0 Å². The molecule has 0 aliphatic rings. The van der Waals surface area contributed by atoms with Crippen LogP contribution < -0.4 is 10.9 Å². The van der Waals surface area contributed by atoms with Gasteiger partial charge in [-0.05, 0) is 12.0 Å². The summed E-state index contributed by atoms with van der Waals surface area (Å²) in [5.41, 5.74) is -0.0534. The van der Waals surface area contributed by atoms with Crippen LogP contribution in [0.5, 0.6) is 0 Å². The maximum absolute atomic E-state index is 11.8. The number of carboxylic acids is 1. The van der Waals surface area contributed by atoms with Crippen LogP contribution in [0.4, 0.5) is 0 Å². The second kappa shape index (κ2) is 6.17. The van der Waals surface area contributed by atoms with Crippen molar-refractivity contribution >= 4 is 11.9 Å². The minimum atomic E-state index is -0.945. The van der Waals surface area contributed by atoms with Crippen LogP contribution in [-0.2, 0) is 11.8 Å². The van der Waals surface area contributed by atoms with Gasteiger partial charge in [0.15, 0.2) is 0 Å². The molecular formula is C13H18N2O4. The molecule has 0 aliphatic carbocycles. The zero-order valence-electron chi connectivity index (χ0n) is 11.2. The van der Waals surface area contributed by atoms with Gasteiger partial charge in [0.05, 0.1) is 5.92 Å². The Bertz CT molecular complexity index is 534. The highest BCUT2D eigenvalue weighted by molar-refractivity contribution is 5.94. The standard InChI is InChI=1S/C13H18N2O4/c1-8(2)10(13(18)19)7-14-12(17)9-4-5-15(3)11(16)6-9/h4-6,8,10H,7H2,1-3H3,(H,14,17)(H,18,19). The number of carbonyl (C=O) groups is 2. The molecule has 104 valence electrons. The number of amides is 1. The van der Waals surface area contributed by atoms with Gasteiger partial charge < -0.3 is 15.0 Å². The van der Waals surface area contributed by atoms with Gasteiger partial charge in [-0.1, -0.05) is 13.8 Å². The van der Waals surface area contributed by atoms with Crippen molar-refractivity contribution < 1.29 is 14.7 Å². The van der Waals surface area contributed by atoms with Gasteiger partial charge in [0, 0.05) is 31.4 Å². The van der Waals surface area contributed by atoms with Gasteiger partial charge in [0.25, 0.3) is 11.5 Å². The van der Waals surface area contributed by atoms with E-state index < -0.39 is 17.8 Å². The summed E-state index contributed by atoms with van der Waals surface area (Å²) < 4.78 is 1.35. The largest absolute Gasteiger partial charge is 0.481 e. The van der Waals surface area contributed by atoms with Crippen molar-refractivity contribution in [3.05, 3.63) is 34.2 Å². The smallest absolute Gasteiger partial charge is 0.308 e. The highest BCUT2D eigenvalue weighted by Crippen LogP contribution is 2.10. The first-order valence-corrected chi connectivity index (χ1v) is 6.00. The molecule has 1 unspecified atom stereocenters. The Balaban J connectivity index is 2.72. The lowest BCUT2D eigenvalue weighted by molar-refractivity contribution is -0.142. The Labute approximate surface area is 111 Å². The van der Waals surface area contributed by atoms with Gasteiger partial charge in [-0.2, -0.15) is 0 Å². The van der Waals surface area contributed by atoms with E-state index in [4.69, 9.17) is 5.11 Å². The van der Waals surface area contributed by atoms with Crippen molar-refractivity contribution in [1.82, 2.24) is 9.88 Å². The normalized spacial score (nSPS) is 12.2. The zero-order valence-corrected chi connectivity index (χ0v) is 11.2. The Hall–Kier alpha value is -2.11. The third-order valence-corrected chi connectivity index (χ3v) is 2.97. The highest BCUT2D eigenvalue weighted by atomic mass is 16.4. The summed E-state index contributed by atoms with van der Waals surface area (Å²) in [6.07, 6.45) is 1.49. The molecule has 0 aromatic carbocycles. The van der Waals surface area contributed by atoms with Crippen LogP contribution in [0, 0.1) is 11.8 Å². The minimum absolute atomic E-state index is 0.0427. The molecule has 1 amide bonds. The molecule has 0 bridgehead atoms. The van der Waals surface area contributed by atoms with Crippen molar-refractivity contribution in [3.63, 3.8) is 0 Å². The molecule has 0 spiro atoms. The predicted octanol–water partition coefficient (Wildman–Crippen LogP) is 0.472. The molecule has 1 atom stereocenters. The topological polar surface area (TPSA) is 88.4 Å². The van der Waals surface area contributed by atoms with E-state index in [0.717, 1.165) is 0 Å². The van der Waals surface area contributed by atoms with Crippen LogP contribution in [0.2, 0.25) is 0 Å². The molecule has 0 fully saturated rings. The van der Waals surface area contributed by atoms with Crippen molar-refractivity contribution in [3.8, 4) is 0 Å². The molecule has 1 heterocycles. The van der Waals surface area contributed by atoms with Crippen LogP contribution in [0.15, 0.2) is 23.1 Å². The van der Waals surface area contributed by atoms with Crippen molar-refractivity contribution in [2.75, 3.05) is 6.54 Å². The van der Waals surface area contributed by atoms with Gasteiger partial charge in [-0.3, -0.25) is 14.4 Å². The fourth-order valence-electron chi connectivity index (χ4n) is 1.60. The first-order chi connectivity index (χ1) is 8.82. The molecule has 19 heavy (non-hydrogen) atoms. The van der Waals surface area contributed by atoms with E-state index in [9.17, 15) is 14.4 Å². The van der Waals surface area contributed by atoms with E-state index >= 15 is 0 Å². The number of carbonyl (C=O) groups excluding carboxylic acids is 1. The summed E-state index contributed by atoms with van der Waals surface area (Å²) in [4.78, 5) is 34.2. The monoisotopic (exact) mass is 266 g/mol. The fraction of sp³-hybridized carbons (Fsp3) is 0.462.